The zero-order valence-electron chi connectivity index (χ0n) is 11.0. The van der Waals surface area contributed by atoms with Crippen molar-refractivity contribution in [1.29, 1.82) is 5.26 Å². The van der Waals surface area contributed by atoms with Gasteiger partial charge in [-0.3, -0.25) is 0 Å². The minimum absolute atomic E-state index is 0.151. The summed E-state index contributed by atoms with van der Waals surface area (Å²) < 4.78 is 4.98. The summed E-state index contributed by atoms with van der Waals surface area (Å²) in [5.74, 6) is -0.476. The lowest BCUT2D eigenvalue weighted by Crippen LogP contribution is -2.07. The lowest BCUT2D eigenvalue weighted by Gasteiger charge is -2.02. The highest BCUT2D eigenvalue weighted by atomic mass is 16.5. The number of unbranched alkanes of at least 4 members (excludes halogenated alkanes) is 5. The van der Waals surface area contributed by atoms with Gasteiger partial charge < -0.3 is 4.74 Å². The van der Waals surface area contributed by atoms with Gasteiger partial charge in [-0.05, 0) is 19.3 Å². The average Bonchev–Trinajstić information content (AvgIpc) is 2.34. The van der Waals surface area contributed by atoms with Gasteiger partial charge in [0.2, 0.25) is 0 Å². The van der Waals surface area contributed by atoms with Gasteiger partial charge in [-0.2, -0.15) is 5.26 Å². The van der Waals surface area contributed by atoms with E-state index in [4.69, 9.17) is 10.00 Å². The Kier molecular flexibility index (Phi) is 10.3. The first-order valence-electron chi connectivity index (χ1n) is 6.53. The molecule has 0 spiro atoms. The first-order chi connectivity index (χ1) is 8.26. The number of hydrogen-bond acceptors (Lipinski definition) is 3. The van der Waals surface area contributed by atoms with Gasteiger partial charge in [0.15, 0.2) is 0 Å². The van der Waals surface area contributed by atoms with Crippen LogP contribution in [0.25, 0.3) is 0 Å². The van der Waals surface area contributed by atoms with Crippen LogP contribution in [-0.2, 0) is 9.53 Å². The zero-order valence-corrected chi connectivity index (χ0v) is 11.0. The zero-order chi connectivity index (χ0) is 12.9. The molecule has 0 saturated carbocycles. The molecular weight excluding hydrogens is 214 g/mol. The van der Waals surface area contributed by atoms with Crippen LogP contribution < -0.4 is 0 Å². The number of esters is 1. The van der Waals surface area contributed by atoms with Crippen LogP contribution in [0.15, 0.2) is 11.6 Å². The number of allylic oxidation sites excluding steroid dienone is 1. The monoisotopic (exact) mass is 237 g/mol. The number of hydrogen-bond donors (Lipinski definition) is 0. The minimum atomic E-state index is -0.476. The molecule has 0 aliphatic rings. The van der Waals surface area contributed by atoms with Crippen LogP contribution in [0, 0.1) is 11.3 Å². The van der Waals surface area contributed by atoms with Crippen molar-refractivity contribution in [3.05, 3.63) is 11.6 Å². The van der Waals surface area contributed by atoms with Crippen molar-refractivity contribution in [2.45, 2.75) is 58.8 Å². The third-order valence-electron chi connectivity index (χ3n) is 2.48. The van der Waals surface area contributed by atoms with Crippen molar-refractivity contribution in [2.75, 3.05) is 6.61 Å². The molecule has 0 aliphatic carbocycles. The fourth-order valence-corrected chi connectivity index (χ4v) is 1.38. The van der Waals surface area contributed by atoms with Gasteiger partial charge in [0, 0.05) is 0 Å². The maximum absolute atomic E-state index is 11.5. The van der Waals surface area contributed by atoms with Gasteiger partial charge in [-0.25, -0.2) is 4.79 Å². The van der Waals surface area contributed by atoms with Crippen LogP contribution in [0.4, 0.5) is 0 Å². The molecule has 0 fully saturated rings. The minimum Gasteiger partial charge on any atom is -0.462 e. The summed E-state index contributed by atoms with van der Waals surface area (Å²) in [5.41, 5.74) is 0.151. The lowest BCUT2D eigenvalue weighted by molar-refractivity contribution is -0.138. The lowest BCUT2D eigenvalue weighted by atomic mass is 10.1. The Morgan fingerprint density at radius 3 is 2.47 bits per heavy atom. The number of carbonyl (C=O) groups is 1. The number of nitrogens with zero attached hydrogens (tertiary/aromatic N) is 1. The van der Waals surface area contributed by atoms with E-state index in [1.165, 1.54) is 12.8 Å². The number of rotatable bonds is 9. The molecule has 3 nitrogen and oxygen atoms in total. The van der Waals surface area contributed by atoms with Gasteiger partial charge >= 0.3 is 5.97 Å². The predicted molar refractivity (Wildman–Crippen MR) is 68.3 cm³/mol. The largest absolute Gasteiger partial charge is 0.462 e. The van der Waals surface area contributed by atoms with Gasteiger partial charge in [-0.15, -0.1) is 0 Å². The molecule has 0 aromatic heterocycles. The Hall–Kier alpha value is -1.30. The van der Waals surface area contributed by atoms with Gasteiger partial charge in [0.25, 0.3) is 0 Å². The van der Waals surface area contributed by atoms with Crippen molar-refractivity contribution >= 4 is 5.97 Å². The van der Waals surface area contributed by atoms with Crippen LogP contribution in [0.3, 0.4) is 0 Å². The van der Waals surface area contributed by atoms with Crippen LogP contribution in [0.1, 0.15) is 58.8 Å². The fraction of sp³-hybridized carbons (Fsp3) is 0.714. The van der Waals surface area contributed by atoms with Gasteiger partial charge in [0.05, 0.1) is 6.61 Å². The van der Waals surface area contributed by atoms with E-state index in [9.17, 15) is 4.79 Å². The quantitative estimate of drug-likeness (QED) is 0.265. The average molecular weight is 237 g/mol. The van der Waals surface area contributed by atoms with Crippen molar-refractivity contribution < 1.29 is 9.53 Å². The molecule has 0 bridgehead atoms. The molecule has 0 N–H and O–H groups in total. The van der Waals surface area contributed by atoms with Gasteiger partial charge in [-0.1, -0.05) is 45.6 Å². The Balaban J connectivity index is 3.91. The number of nitriles is 1. The highest BCUT2D eigenvalue weighted by molar-refractivity contribution is 5.92. The summed E-state index contributed by atoms with van der Waals surface area (Å²) >= 11 is 0. The summed E-state index contributed by atoms with van der Waals surface area (Å²) in [5, 5.41) is 8.84. The molecule has 0 aromatic carbocycles. The molecule has 0 aromatic rings. The second kappa shape index (κ2) is 11.2. The first kappa shape index (κ1) is 15.7. The highest BCUT2D eigenvalue weighted by Gasteiger charge is 2.09. The fourth-order valence-electron chi connectivity index (χ4n) is 1.38. The smallest absolute Gasteiger partial charge is 0.348 e. The van der Waals surface area contributed by atoms with E-state index < -0.39 is 5.97 Å². The summed E-state index contributed by atoms with van der Waals surface area (Å²) in [7, 11) is 0. The first-order valence-corrected chi connectivity index (χ1v) is 6.53. The van der Waals surface area contributed by atoms with Crippen molar-refractivity contribution in [3.8, 4) is 6.07 Å². The highest BCUT2D eigenvalue weighted by Crippen LogP contribution is 2.06. The molecule has 0 saturated heterocycles. The Morgan fingerprint density at radius 1 is 1.18 bits per heavy atom. The summed E-state index contributed by atoms with van der Waals surface area (Å²) in [4.78, 5) is 11.5. The maximum atomic E-state index is 11.5. The van der Waals surface area contributed by atoms with E-state index in [0.717, 1.165) is 32.1 Å². The molecule has 0 aliphatic heterocycles. The van der Waals surface area contributed by atoms with Crippen molar-refractivity contribution in [2.24, 2.45) is 0 Å². The standard InChI is InChI=1S/C14H23NO2/c1-3-5-7-8-9-10-13(12-15)14(16)17-11-6-4-2/h10H,3-9,11H2,1-2H3/b13-10+. The maximum Gasteiger partial charge on any atom is 0.348 e. The third-order valence-corrected chi connectivity index (χ3v) is 2.48. The van der Waals surface area contributed by atoms with Crippen LogP contribution in [0.5, 0.6) is 0 Å². The third kappa shape index (κ3) is 8.50. The van der Waals surface area contributed by atoms with E-state index in [2.05, 4.69) is 6.92 Å². The topological polar surface area (TPSA) is 50.1 Å². The molecule has 0 unspecified atom stereocenters. The van der Waals surface area contributed by atoms with E-state index in [0.29, 0.717) is 6.61 Å². The number of carbonyl (C=O) groups excluding carboxylic acids is 1. The van der Waals surface area contributed by atoms with Crippen LogP contribution in [0.2, 0.25) is 0 Å². The van der Waals surface area contributed by atoms with E-state index in [1.807, 2.05) is 13.0 Å². The molecule has 96 valence electrons. The van der Waals surface area contributed by atoms with E-state index in [1.54, 1.807) is 6.08 Å². The van der Waals surface area contributed by atoms with Crippen molar-refractivity contribution in [1.82, 2.24) is 0 Å². The van der Waals surface area contributed by atoms with Crippen molar-refractivity contribution in [3.63, 3.8) is 0 Å². The molecule has 0 radical (unpaired) electrons. The molecule has 0 amide bonds. The SMILES string of the molecule is CCCCCC/C=C(\C#N)C(=O)OCCCC. The predicted octanol–water partition coefficient (Wildman–Crippen LogP) is 3.75. The molecule has 3 heteroatoms. The summed E-state index contributed by atoms with van der Waals surface area (Å²) in [6.07, 6.45) is 8.88. The molecular formula is C14H23NO2. The Bertz CT molecular complexity index is 276. The van der Waals surface area contributed by atoms with E-state index >= 15 is 0 Å². The summed E-state index contributed by atoms with van der Waals surface area (Å²) in [6.45, 7) is 4.59. The van der Waals surface area contributed by atoms with Crippen LogP contribution >= 0.6 is 0 Å². The molecule has 0 atom stereocenters. The van der Waals surface area contributed by atoms with Gasteiger partial charge in [0.1, 0.15) is 11.6 Å². The normalized spacial score (nSPS) is 11.0. The summed E-state index contributed by atoms with van der Waals surface area (Å²) in [6, 6.07) is 1.91. The molecule has 0 rings (SSSR count). The van der Waals surface area contributed by atoms with E-state index in [-0.39, 0.29) is 5.57 Å². The second-order valence-corrected chi connectivity index (χ2v) is 4.07. The second-order valence-electron chi connectivity index (χ2n) is 4.07. The Labute approximate surface area is 104 Å². The Morgan fingerprint density at radius 2 is 1.88 bits per heavy atom. The molecule has 0 heterocycles. The number of ether oxygens (including phenoxy) is 1. The van der Waals surface area contributed by atoms with Crippen LogP contribution in [-0.4, -0.2) is 12.6 Å². The molecule has 17 heavy (non-hydrogen) atoms.